The average molecular weight is 260 g/mol. The normalized spacial score (nSPS) is 11.7. The second kappa shape index (κ2) is 5.90. The number of benzene rings is 1. The number of carbonyl (C=O) groups is 1. The molecule has 2 rings (SSSR count). The second-order valence-electron chi connectivity index (χ2n) is 3.99. The summed E-state index contributed by atoms with van der Waals surface area (Å²) in [7, 11) is 1.56. The van der Waals surface area contributed by atoms with Crippen molar-refractivity contribution in [3.63, 3.8) is 0 Å². The van der Waals surface area contributed by atoms with E-state index in [1.165, 1.54) is 0 Å². The molecular formula is C13H16N4O2. The number of aromatic nitrogens is 2. The Bertz CT molecular complexity index is 539. The molecule has 100 valence electrons. The first-order chi connectivity index (χ1) is 9.20. The maximum Gasteiger partial charge on any atom is 0.319 e. The van der Waals surface area contributed by atoms with E-state index in [1.807, 2.05) is 19.1 Å². The van der Waals surface area contributed by atoms with Gasteiger partial charge in [0.15, 0.2) is 0 Å². The molecule has 1 atom stereocenters. The van der Waals surface area contributed by atoms with Crippen LogP contribution in [0.2, 0.25) is 0 Å². The maximum absolute atomic E-state index is 11.9. The smallest absolute Gasteiger partial charge is 0.319 e. The van der Waals surface area contributed by atoms with E-state index in [2.05, 4.69) is 20.6 Å². The zero-order chi connectivity index (χ0) is 13.7. The summed E-state index contributed by atoms with van der Waals surface area (Å²) < 4.78 is 5.16. The van der Waals surface area contributed by atoms with Crippen LogP contribution in [0.4, 0.5) is 10.5 Å². The van der Waals surface area contributed by atoms with Gasteiger partial charge in [-0.25, -0.2) is 9.78 Å². The van der Waals surface area contributed by atoms with Gasteiger partial charge in [-0.1, -0.05) is 12.1 Å². The van der Waals surface area contributed by atoms with Gasteiger partial charge in [-0.15, -0.1) is 0 Å². The van der Waals surface area contributed by atoms with Gasteiger partial charge in [0, 0.05) is 12.4 Å². The summed E-state index contributed by atoms with van der Waals surface area (Å²) in [6.45, 7) is 1.85. The summed E-state index contributed by atoms with van der Waals surface area (Å²) in [4.78, 5) is 18.9. The third-order valence-corrected chi connectivity index (χ3v) is 2.63. The molecule has 2 aromatic rings. The number of ether oxygens (including phenoxy) is 1. The van der Waals surface area contributed by atoms with Crippen LogP contribution in [-0.2, 0) is 0 Å². The summed E-state index contributed by atoms with van der Waals surface area (Å²) in [6, 6.07) is 6.71. The molecule has 3 N–H and O–H groups in total. The molecule has 0 aliphatic carbocycles. The number of carbonyl (C=O) groups excluding carboxylic acids is 1. The molecule has 2 amide bonds. The molecule has 19 heavy (non-hydrogen) atoms. The van der Waals surface area contributed by atoms with Gasteiger partial charge in [0.2, 0.25) is 0 Å². The summed E-state index contributed by atoms with van der Waals surface area (Å²) in [6.07, 6.45) is 3.36. The molecular weight excluding hydrogens is 244 g/mol. The number of aromatic amines is 1. The topological polar surface area (TPSA) is 79.0 Å². The first-order valence-corrected chi connectivity index (χ1v) is 5.90. The van der Waals surface area contributed by atoms with Crippen LogP contribution in [-0.4, -0.2) is 23.1 Å². The Morgan fingerprint density at radius 3 is 2.89 bits per heavy atom. The predicted octanol–water partition coefficient (Wildman–Crippen LogP) is 2.30. The van der Waals surface area contributed by atoms with Crippen LogP contribution in [0.15, 0.2) is 36.7 Å². The van der Waals surface area contributed by atoms with Gasteiger partial charge in [-0.2, -0.15) is 0 Å². The number of hydrogen-bond donors (Lipinski definition) is 3. The number of hydrogen-bond acceptors (Lipinski definition) is 3. The second-order valence-corrected chi connectivity index (χ2v) is 3.99. The highest BCUT2D eigenvalue weighted by Crippen LogP contribution is 2.22. The molecule has 6 heteroatoms. The summed E-state index contributed by atoms with van der Waals surface area (Å²) in [5.74, 6) is 1.32. The number of urea groups is 1. The zero-order valence-corrected chi connectivity index (χ0v) is 10.8. The minimum atomic E-state index is -0.312. The molecule has 0 bridgehead atoms. The molecule has 1 unspecified atom stereocenters. The molecule has 0 aliphatic rings. The third-order valence-electron chi connectivity index (χ3n) is 2.63. The van der Waals surface area contributed by atoms with Gasteiger partial charge in [0.25, 0.3) is 0 Å². The van der Waals surface area contributed by atoms with Crippen molar-refractivity contribution in [3.05, 3.63) is 42.5 Å². The fourth-order valence-corrected chi connectivity index (χ4v) is 1.69. The lowest BCUT2D eigenvalue weighted by Gasteiger charge is -2.14. The van der Waals surface area contributed by atoms with Crippen LogP contribution in [0.25, 0.3) is 0 Å². The fourth-order valence-electron chi connectivity index (χ4n) is 1.69. The van der Waals surface area contributed by atoms with E-state index in [4.69, 9.17) is 4.74 Å². The highest BCUT2D eigenvalue weighted by atomic mass is 16.5. The summed E-state index contributed by atoms with van der Waals surface area (Å²) in [5.41, 5.74) is 0.620. The molecule has 0 saturated carbocycles. The van der Waals surface area contributed by atoms with E-state index in [0.29, 0.717) is 17.3 Å². The van der Waals surface area contributed by atoms with Gasteiger partial charge in [0.05, 0.1) is 18.8 Å². The van der Waals surface area contributed by atoms with Crippen LogP contribution in [0.5, 0.6) is 5.75 Å². The number of nitrogens with one attached hydrogen (secondary N) is 3. The number of para-hydroxylation sites is 2. The van der Waals surface area contributed by atoms with E-state index in [-0.39, 0.29) is 12.1 Å². The van der Waals surface area contributed by atoms with Gasteiger partial charge in [-0.3, -0.25) is 0 Å². The van der Waals surface area contributed by atoms with Gasteiger partial charge in [0.1, 0.15) is 11.6 Å². The van der Waals surface area contributed by atoms with Crippen LogP contribution in [0, 0.1) is 0 Å². The first kappa shape index (κ1) is 12.9. The molecule has 0 aliphatic heterocycles. The van der Waals surface area contributed by atoms with Crippen LogP contribution in [0.3, 0.4) is 0 Å². The monoisotopic (exact) mass is 260 g/mol. The average Bonchev–Trinajstić information content (AvgIpc) is 2.93. The lowest BCUT2D eigenvalue weighted by Crippen LogP contribution is -2.31. The standard InChI is InChI=1S/C13H16N4O2/c1-9(12-14-7-8-15-12)16-13(18)17-10-5-3-4-6-11(10)19-2/h3-9H,1-2H3,(H,14,15)(H2,16,17,18). The lowest BCUT2D eigenvalue weighted by atomic mass is 10.3. The molecule has 0 saturated heterocycles. The van der Waals surface area contributed by atoms with Crippen LogP contribution < -0.4 is 15.4 Å². The van der Waals surface area contributed by atoms with E-state index in [9.17, 15) is 4.79 Å². The Hall–Kier alpha value is -2.50. The molecule has 6 nitrogen and oxygen atoms in total. The Morgan fingerprint density at radius 2 is 2.21 bits per heavy atom. The summed E-state index contributed by atoms with van der Waals surface area (Å²) in [5, 5.41) is 5.52. The Labute approximate surface area is 111 Å². The number of methoxy groups -OCH3 is 1. The molecule has 1 heterocycles. The number of imidazole rings is 1. The molecule has 1 aromatic heterocycles. The minimum Gasteiger partial charge on any atom is -0.495 e. The van der Waals surface area contributed by atoms with Gasteiger partial charge >= 0.3 is 6.03 Å². The number of H-pyrrole nitrogens is 1. The van der Waals surface area contributed by atoms with E-state index in [0.717, 1.165) is 0 Å². The number of rotatable bonds is 4. The SMILES string of the molecule is COc1ccccc1NC(=O)NC(C)c1ncc[nH]1. The highest BCUT2D eigenvalue weighted by molar-refractivity contribution is 5.91. The summed E-state index contributed by atoms with van der Waals surface area (Å²) >= 11 is 0. The Kier molecular flexibility index (Phi) is 4.02. The first-order valence-electron chi connectivity index (χ1n) is 5.90. The van der Waals surface area contributed by atoms with Crippen molar-refractivity contribution < 1.29 is 9.53 Å². The third kappa shape index (κ3) is 3.25. The van der Waals surface area contributed by atoms with Crippen molar-refractivity contribution >= 4 is 11.7 Å². The Balaban J connectivity index is 1.98. The lowest BCUT2D eigenvalue weighted by molar-refractivity contribution is 0.249. The van der Waals surface area contributed by atoms with Crippen molar-refractivity contribution in [2.45, 2.75) is 13.0 Å². The number of nitrogens with zero attached hydrogens (tertiary/aromatic N) is 1. The zero-order valence-electron chi connectivity index (χ0n) is 10.8. The molecule has 1 aromatic carbocycles. The molecule has 0 radical (unpaired) electrons. The van der Waals surface area contributed by atoms with Crippen molar-refractivity contribution in [1.82, 2.24) is 15.3 Å². The predicted molar refractivity (Wildman–Crippen MR) is 72.2 cm³/mol. The van der Waals surface area contributed by atoms with Gasteiger partial charge in [-0.05, 0) is 19.1 Å². The number of anilines is 1. The molecule has 0 spiro atoms. The van der Waals surface area contributed by atoms with E-state index < -0.39 is 0 Å². The number of amides is 2. The van der Waals surface area contributed by atoms with E-state index >= 15 is 0 Å². The fraction of sp³-hybridized carbons (Fsp3) is 0.231. The minimum absolute atomic E-state index is 0.204. The van der Waals surface area contributed by atoms with Gasteiger partial charge < -0.3 is 20.4 Å². The maximum atomic E-state index is 11.9. The van der Waals surface area contributed by atoms with E-state index in [1.54, 1.807) is 31.6 Å². The van der Waals surface area contributed by atoms with Crippen molar-refractivity contribution in [2.75, 3.05) is 12.4 Å². The van der Waals surface area contributed by atoms with Crippen molar-refractivity contribution in [3.8, 4) is 5.75 Å². The molecule has 0 fully saturated rings. The quantitative estimate of drug-likeness (QED) is 0.789. The van der Waals surface area contributed by atoms with Crippen molar-refractivity contribution in [2.24, 2.45) is 0 Å². The highest BCUT2D eigenvalue weighted by Gasteiger charge is 2.12. The largest absolute Gasteiger partial charge is 0.495 e. The van der Waals surface area contributed by atoms with Crippen LogP contribution in [0.1, 0.15) is 18.8 Å². The van der Waals surface area contributed by atoms with Crippen molar-refractivity contribution in [1.29, 1.82) is 0 Å². The Morgan fingerprint density at radius 1 is 1.42 bits per heavy atom. The van der Waals surface area contributed by atoms with Crippen LogP contribution >= 0.6 is 0 Å².